The molecule has 0 saturated carbocycles. The number of anilines is 1. The number of hydrogen-bond donors (Lipinski definition) is 2. The lowest BCUT2D eigenvalue weighted by molar-refractivity contribution is -0.384. The topological polar surface area (TPSA) is 95.7 Å². The van der Waals surface area contributed by atoms with Crippen molar-refractivity contribution >= 4 is 17.3 Å². The summed E-state index contributed by atoms with van der Waals surface area (Å²) in [6.45, 7) is 2.34. The maximum Gasteiger partial charge on any atom is 0.293 e. The van der Waals surface area contributed by atoms with Crippen LogP contribution in [0.4, 0.5) is 15.8 Å². The molecule has 8 heteroatoms. The number of rotatable bonds is 10. The number of amides is 1. The molecule has 0 spiro atoms. The van der Waals surface area contributed by atoms with Crippen molar-refractivity contribution in [1.82, 2.24) is 4.90 Å². The molecule has 2 N–H and O–H groups in total. The van der Waals surface area contributed by atoms with E-state index in [0.29, 0.717) is 6.54 Å². The summed E-state index contributed by atoms with van der Waals surface area (Å²) in [7, 11) is 1.55. The second-order valence-corrected chi connectivity index (χ2v) is 5.54. The number of hydrogen-bond acceptors (Lipinski definition) is 5. The molecule has 1 aromatic rings. The zero-order chi connectivity index (χ0) is 18.1. The van der Waals surface area contributed by atoms with Crippen molar-refractivity contribution in [3.8, 4) is 0 Å². The predicted octanol–water partition coefficient (Wildman–Crippen LogP) is 2.79. The molecule has 7 nitrogen and oxygen atoms in total. The first-order chi connectivity index (χ1) is 11.4. The van der Waals surface area contributed by atoms with E-state index in [9.17, 15) is 19.3 Å². The van der Waals surface area contributed by atoms with Gasteiger partial charge in [0.05, 0.1) is 17.1 Å². The number of nitro groups is 1. The molecule has 0 atom stereocenters. The van der Waals surface area contributed by atoms with E-state index < -0.39 is 22.3 Å². The molecule has 24 heavy (non-hydrogen) atoms. The molecule has 0 heterocycles. The summed E-state index contributed by atoms with van der Waals surface area (Å²) in [4.78, 5) is 24.2. The average Bonchev–Trinajstić information content (AvgIpc) is 2.55. The van der Waals surface area contributed by atoms with Gasteiger partial charge in [-0.3, -0.25) is 14.9 Å². The van der Waals surface area contributed by atoms with Gasteiger partial charge in [0.15, 0.2) is 0 Å². The van der Waals surface area contributed by atoms with Crippen LogP contribution in [0.25, 0.3) is 0 Å². The molecule has 0 saturated heterocycles. The number of nitrogens with zero attached hydrogens (tertiary/aromatic N) is 2. The maximum absolute atomic E-state index is 14.2. The van der Waals surface area contributed by atoms with Gasteiger partial charge in [-0.2, -0.15) is 0 Å². The van der Waals surface area contributed by atoms with Crippen molar-refractivity contribution in [2.75, 3.05) is 32.1 Å². The lowest BCUT2D eigenvalue weighted by Gasteiger charge is -2.18. The third kappa shape index (κ3) is 5.45. The summed E-state index contributed by atoms with van der Waals surface area (Å²) in [5, 5.41) is 22.5. The van der Waals surface area contributed by atoms with E-state index in [0.717, 1.165) is 37.8 Å². The van der Waals surface area contributed by atoms with Crippen molar-refractivity contribution in [2.24, 2.45) is 0 Å². The van der Waals surface area contributed by atoms with Gasteiger partial charge in [-0.25, -0.2) is 4.39 Å². The molecule has 0 aliphatic heterocycles. The van der Waals surface area contributed by atoms with E-state index in [2.05, 4.69) is 12.2 Å². The van der Waals surface area contributed by atoms with E-state index in [1.54, 1.807) is 7.05 Å². The maximum atomic E-state index is 14.2. The van der Waals surface area contributed by atoms with Gasteiger partial charge in [-0.15, -0.1) is 0 Å². The molecule has 0 fully saturated rings. The van der Waals surface area contributed by atoms with Crippen LogP contribution in [0.5, 0.6) is 0 Å². The summed E-state index contributed by atoms with van der Waals surface area (Å²) < 4.78 is 14.2. The molecule has 1 rings (SSSR count). The van der Waals surface area contributed by atoms with Gasteiger partial charge in [-0.05, 0) is 6.42 Å². The zero-order valence-electron chi connectivity index (χ0n) is 14.0. The summed E-state index contributed by atoms with van der Waals surface area (Å²) in [6, 6.07) is 1.87. The van der Waals surface area contributed by atoms with Crippen LogP contribution in [-0.4, -0.2) is 47.6 Å². The van der Waals surface area contributed by atoms with E-state index in [1.165, 1.54) is 4.90 Å². The molecule has 0 bridgehead atoms. The number of benzene rings is 1. The van der Waals surface area contributed by atoms with Crippen LogP contribution >= 0.6 is 0 Å². The van der Waals surface area contributed by atoms with Gasteiger partial charge in [0.1, 0.15) is 11.5 Å². The fourth-order valence-corrected chi connectivity index (χ4v) is 2.29. The van der Waals surface area contributed by atoms with E-state index in [-0.39, 0.29) is 24.4 Å². The molecule has 0 unspecified atom stereocenters. The van der Waals surface area contributed by atoms with E-state index in [1.807, 2.05) is 0 Å². The number of aliphatic hydroxyl groups is 1. The highest BCUT2D eigenvalue weighted by molar-refractivity contribution is 5.96. The monoisotopic (exact) mass is 341 g/mol. The highest BCUT2D eigenvalue weighted by Gasteiger charge is 2.23. The summed E-state index contributed by atoms with van der Waals surface area (Å²) >= 11 is 0. The summed E-state index contributed by atoms with van der Waals surface area (Å²) in [5.74, 6) is -1.41. The van der Waals surface area contributed by atoms with Crippen molar-refractivity contribution < 1.29 is 19.2 Å². The van der Waals surface area contributed by atoms with E-state index >= 15 is 0 Å². The Morgan fingerprint density at radius 3 is 2.67 bits per heavy atom. The number of halogens is 1. The predicted molar refractivity (Wildman–Crippen MR) is 89.7 cm³/mol. The third-order valence-corrected chi connectivity index (χ3v) is 3.63. The minimum atomic E-state index is -0.827. The smallest absolute Gasteiger partial charge is 0.293 e. The zero-order valence-corrected chi connectivity index (χ0v) is 14.0. The van der Waals surface area contributed by atoms with Crippen LogP contribution in [0.3, 0.4) is 0 Å². The molecule has 0 aliphatic carbocycles. The quantitative estimate of drug-likeness (QED) is 0.387. The minimum Gasteiger partial charge on any atom is -0.395 e. The SMILES string of the molecule is CCCCCCN(C)C(=O)c1cc([N+](=O)[O-])c(NCCO)cc1F. The summed E-state index contributed by atoms with van der Waals surface area (Å²) in [6.07, 6.45) is 3.91. The standard InChI is InChI=1S/C16H24FN3O4/c1-3-4-5-6-8-19(2)16(22)12-10-15(20(23)24)14(11-13(12)17)18-7-9-21/h10-11,18,21H,3-9H2,1-2H3. The lowest BCUT2D eigenvalue weighted by atomic mass is 10.1. The number of carbonyl (C=O) groups is 1. The first-order valence-electron chi connectivity index (χ1n) is 8.00. The van der Waals surface area contributed by atoms with Crippen LogP contribution in [0.1, 0.15) is 43.0 Å². The van der Waals surface area contributed by atoms with Gasteiger partial charge in [0.25, 0.3) is 11.6 Å². The Labute approximate surface area is 140 Å². The molecule has 134 valence electrons. The second kappa shape index (κ2) is 9.82. The second-order valence-electron chi connectivity index (χ2n) is 5.54. The largest absolute Gasteiger partial charge is 0.395 e. The molecular weight excluding hydrogens is 317 g/mol. The van der Waals surface area contributed by atoms with Crippen LogP contribution in [-0.2, 0) is 0 Å². The van der Waals surface area contributed by atoms with Crippen LogP contribution in [0, 0.1) is 15.9 Å². The van der Waals surface area contributed by atoms with Gasteiger partial charge in [-0.1, -0.05) is 26.2 Å². The molecular formula is C16H24FN3O4. The third-order valence-electron chi connectivity index (χ3n) is 3.63. The average molecular weight is 341 g/mol. The Kier molecular flexibility index (Phi) is 8.11. The van der Waals surface area contributed by atoms with Crippen LogP contribution in [0.15, 0.2) is 12.1 Å². The summed E-state index contributed by atoms with van der Waals surface area (Å²) in [5.41, 5.74) is -0.782. The van der Waals surface area contributed by atoms with Gasteiger partial charge < -0.3 is 15.3 Å². The first kappa shape index (κ1) is 19.8. The number of carbonyl (C=O) groups excluding carboxylic acids is 1. The number of nitro benzene ring substituents is 1. The fraction of sp³-hybridized carbons (Fsp3) is 0.562. The van der Waals surface area contributed by atoms with Gasteiger partial charge in [0.2, 0.25) is 0 Å². The Morgan fingerprint density at radius 2 is 2.08 bits per heavy atom. The van der Waals surface area contributed by atoms with Crippen molar-refractivity contribution in [3.05, 3.63) is 33.6 Å². The normalized spacial score (nSPS) is 10.5. The lowest BCUT2D eigenvalue weighted by Crippen LogP contribution is -2.28. The molecule has 1 amide bonds. The molecule has 1 aromatic carbocycles. The highest BCUT2D eigenvalue weighted by atomic mass is 19.1. The Bertz CT molecular complexity index is 581. The molecule has 0 aromatic heterocycles. The number of nitrogens with one attached hydrogen (secondary N) is 1. The Balaban J connectivity index is 2.95. The van der Waals surface area contributed by atoms with Crippen molar-refractivity contribution in [3.63, 3.8) is 0 Å². The highest BCUT2D eigenvalue weighted by Crippen LogP contribution is 2.28. The van der Waals surface area contributed by atoms with E-state index in [4.69, 9.17) is 5.11 Å². The number of aliphatic hydroxyl groups excluding tert-OH is 1. The fourth-order valence-electron chi connectivity index (χ4n) is 2.29. The van der Waals surface area contributed by atoms with Gasteiger partial charge >= 0.3 is 0 Å². The Hall–Kier alpha value is -2.22. The van der Waals surface area contributed by atoms with Crippen LogP contribution in [0.2, 0.25) is 0 Å². The molecule has 0 radical (unpaired) electrons. The van der Waals surface area contributed by atoms with Crippen LogP contribution < -0.4 is 5.32 Å². The Morgan fingerprint density at radius 1 is 1.38 bits per heavy atom. The van der Waals surface area contributed by atoms with Crippen molar-refractivity contribution in [2.45, 2.75) is 32.6 Å². The first-order valence-corrected chi connectivity index (χ1v) is 8.00. The molecule has 0 aliphatic rings. The van der Waals surface area contributed by atoms with Crippen molar-refractivity contribution in [1.29, 1.82) is 0 Å². The number of unbranched alkanes of at least 4 members (excludes halogenated alkanes) is 3. The minimum absolute atomic E-state index is 0.0465. The van der Waals surface area contributed by atoms with Gasteiger partial charge in [0, 0.05) is 32.3 Å².